The topological polar surface area (TPSA) is 28.7 Å². The van der Waals surface area contributed by atoms with Crippen LogP contribution >= 0.6 is 27.5 Å². The molecule has 11 heavy (non-hydrogen) atoms. The molecule has 2 aromatic heterocycles. The van der Waals surface area contributed by atoms with Gasteiger partial charge in [0.1, 0.15) is 4.60 Å². The summed E-state index contributed by atoms with van der Waals surface area (Å²) in [6.07, 6.45) is 3.47. The highest BCUT2D eigenvalue weighted by molar-refractivity contribution is 9.10. The average molecular weight is 231 g/mol. The van der Waals surface area contributed by atoms with Gasteiger partial charge in [-0.2, -0.15) is 0 Å². The Balaban J connectivity index is 2.96. The van der Waals surface area contributed by atoms with Gasteiger partial charge in [0.2, 0.25) is 0 Å². The second-order valence-electron chi connectivity index (χ2n) is 2.16. The Morgan fingerprint density at radius 1 is 1.55 bits per heavy atom. The zero-order valence-electron chi connectivity index (χ0n) is 5.44. The smallest absolute Gasteiger partial charge is 0.116 e. The summed E-state index contributed by atoms with van der Waals surface area (Å²) in [5.74, 6) is 0. The van der Waals surface area contributed by atoms with Crippen LogP contribution < -0.4 is 0 Å². The lowest BCUT2D eigenvalue weighted by Gasteiger charge is -1.91. The molecule has 0 aromatic carbocycles. The Morgan fingerprint density at radius 3 is 3.09 bits per heavy atom. The zero-order chi connectivity index (χ0) is 7.84. The zero-order valence-corrected chi connectivity index (χ0v) is 7.78. The summed E-state index contributed by atoms with van der Waals surface area (Å²) in [6.45, 7) is 0. The maximum Gasteiger partial charge on any atom is 0.116 e. The lowest BCUT2D eigenvalue weighted by atomic mass is 10.3. The number of nitrogens with one attached hydrogen (secondary N) is 1. The predicted octanol–water partition coefficient (Wildman–Crippen LogP) is 2.98. The molecule has 0 aliphatic rings. The number of fused-ring (bicyclic) bond motifs is 1. The molecule has 0 aliphatic heterocycles. The normalized spacial score (nSPS) is 10.7. The molecule has 0 atom stereocenters. The third kappa shape index (κ3) is 1.04. The highest BCUT2D eigenvalue weighted by Gasteiger charge is 2.04. The molecule has 0 spiro atoms. The fraction of sp³-hybridized carbons (Fsp3) is 0. The van der Waals surface area contributed by atoms with Crippen LogP contribution in [0.3, 0.4) is 0 Å². The van der Waals surface area contributed by atoms with Crippen molar-refractivity contribution in [1.82, 2.24) is 9.97 Å². The number of aromatic amines is 1. The van der Waals surface area contributed by atoms with E-state index in [0.717, 1.165) is 15.5 Å². The minimum Gasteiger partial charge on any atom is -0.360 e. The Hall–Kier alpha value is -0.540. The lowest BCUT2D eigenvalue weighted by molar-refractivity contribution is 1.31. The number of halogens is 2. The average Bonchev–Trinajstić information content (AvgIpc) is 2.34. The number of pyridine rings is 1. The van der Waals surface area contributed by atoms with Gasteiger partial charge >= 0.3 is 0 Å². The molecule has 0 unspecified atom stereocenters. The molecule has 4 heteroatoms. The number of aromatic nitrogens is 2. The Labute approximate surface area is 76.7 Å². The molecular weight excluding hydrogens is 227 g/mol. The van der Waals surface area contributed by atoms with E-state index in [1.54, 1.807) is 12.4 Å². The Kier molecular flexibility index (Phi) is 1.62. The molecule has 56 valence electrons. The summed E-state index contributed by atoms with van der Waals surface area (Å²) in [7, 11) is 0. The maximum absolute atomic E-state index is 5.88. The van der Waals surface area contributed by atoms with Crippen LogP contribution in [0.15, 0.2) is 23.1 Å². The second-order valence-corrected chi connectivity index (χ2v) is 3.32. The summed E-state index contributed by atoms with van der Waals surface area (Å²) in [5, 5.41) is 1.63. The molecule has 1 N–H and O–H groups in total. The van der Waals surface area contributed by atoms with Crippen LogP contribution in [0.5, 0.6) is 0 Å². The third-order valence-electron chi connectivity index (χ3n) is 1.50. The van der Waals surface area contributed by atoms with E-state index in [9.17, 15) is 0 Å². The summed E-state index contributed by atoms with van der Waals surface area (Å²) >= 11 is 9.19. The molecule has 2 aromatic rings. The molecular formula is C7H4BrClN2. The largest absolute Gasteiger partial charge is 0.360 e. The fourth-order valence-electron chi connectivity index (χ4n) is 0.997. The van der Waals surface area contributed by atoms with Gasteiger partial charge in [0.05, 0.1) is 15.9 Å². The summed E-state index contributed by atoms with van der Waals surface area (Å²) in [6, 6.07) is 1.88. The fourth-order valence-corrected chi connectivity index (χ4v) is 1.90. The molecule has 0 saturated heterocycles. The summed E-state index contributed by atoms with van der Waals surface area (Å²) < 4.78 is 0.779. The van der Waals surface area contributed by atoms with E-state index in [4.69, 9.17) is 11.6 Å². The van der Waals surface area contributed by atoms with Gasteiger partial charge in [0, 0.05) is 12.4 Å². The Morgan fingerprint density at radius 2 is 2.36 bits per heavy atom. The molecule has 2 heterocycles. The first-order valence-corrected chi connectivity index (χ1v) is 4.23. The minimum absolute atomic E-state index is 0.694. The standard InChI is InChI=1S/C7H4BrClN2/c8-7-6-4(9)3-11-5(6)1-2-10-7/h1-3,11H. The van der Waals surface area contributed by atoms with E-state index >= 15 is 0 Å². The van der Waals surface area contributed by atoms with Gasteiger partial charge < -0.3 is 4.98 Å². The van der Waals surface area contributed by atoms with Crippen molar-refractivity contribution in [2.24, 2.45) is 0 Å². The van der Waals surface area contributed by atoms with Gasteiger partial charge in [-0.25, -0.2) is 4.98 Å². The van der Waals surface area contributed by atoms with Crippen LogP contribution in [0, 0.1) is 0 Å². The molecule has 0 aliphatic carbocycles. The number of hydrogen-bond donors (Lipinski definition) is 1. The van der Waals surface area contributed by atoms with E-state index in [0.29, 0.717) is 5.02 Å². The van der Waals surface area contributed by atoms with Gasteiger partial charge in [-0.15, -0.1) is 0 Å². The number of H-pyrrole nitrogens is 1. The number of rotatable bonds is 0. The van der Waals surface area contributed by atoms with Gasteiger partial charge in [0.15, 0.2) is 0 Å². The quantitative estimate of drug-likeness (QED) is 0.694. The van der Waals surface area contributed by atoms with Gasteiger partial charge in [-0.3, -0.25) is 0 Å². The van der Waals surface area contributed by atoms with Crippen molar-refractivity contribution in [3.05, 3.63) is 28.1 Å². The first kappa shape index (κ1) is 7.13. The molecule has 0 fully saturated rings. The van der Waals surface area contributed by atoms with Crippen molar-refractivity contribution in [2.45, 2.75) is 0 Å². The first-order chi connectivity index (χ1) is 5.29. The lowest BCUT2D eigenvalue weighted by Crippen LogP contribution is -1.74. The van der Waals surface area contributed by atoms with Gasteiger partial charge in [-0.1, -0.05) is 11.6 Å². The van der Waals surface area contributed by atoms with Crippen LogP contribution in [-0.2, 0) is 0 Å². The summed E-state index contributed by atoms with van der Waals surface area (Å²) in [4.78, 5) is 7.08. The van der Waals surface area contributed by atoms with E-state index in [1.807, 2.05) is 6.07 Å². The van der Waals surface area contributed by atoms with Gasteiger partial charge in [-0.05, 0) is 22.0 Å². The van der Waals surface area contributed by atoms with E-state index in [1.165, 1.54) is 0 Å². The van der Waals surface area contributed by atoms with Crippen LogP contribution in [0.1, 0.15) is 0 Å². The minimum atomic E-state index is 0.694. The molecule has 0 saturated carbocycles. The molecule has 2 rings (SSSR count). The molecule has 0 radical (unpaired) electrons. The van der Waals surface area contributed by atoms with Crippen molar-refractivity contribution >= 4 is 38.4 Å². The van der Waals surface area contributed by atoms with Gasteiger partial charge in [0.25, 0.3) is 0 Å². The Bertz CT molecular complexity index is 396. The number of hydrogen-bond acceptors (Lipinski definition) is 1. The van der Waals surface area contributed by atoms with E-state index < -0.39 is 0 Å². The van der Waals surface area contributed by atoms with Crippen LogP contribution in [-0.4, -0.2) is 9.97 Å². The first-order valence-electron chi connectivity index (χ1n) is 3.06. The predicted molar refractivity (Wildman–Crippen MR) is 48.8 cm³/mol. The monoisotopic (exact) mass is 230 g/mol. The summed E-state index contributed by atoms with van der Waals surface area (Å²) in [5.41, 5.74) is 0.997. The molecule has 0 amide bonds. The van der Waals surface area contributed by atoms with Crippen molar-refractivity contribution < 1.29 is 0 Å². The van der Waals surface area contributed by atoms with Crippen LogP contribution in [0.4, 0.5) is 0 Å². The highest BCUT2D eigenvalue weighted by Crippen LogP contribution is 2.27. The van der Waals surface area contributed by atoms with E-state index in [-0.39, 0.29) is 0 Å². The molecule has 2 nitrogen and oxygen atoms in total. The molecule has 0 bridgehead atoms. The highest BCUT2D eigenvalue weighted by atomic mass is 79.9. The number of nitrogens with zero attached hydrogens (tertiary/aromatic N) is 1. The van der Waals surface area contributed by atoms with Crippen LogP contribution in [0.2, 0.25) is 5.02 Å². The SMILES string of the molecule is Clc1c[nH]c2ccnc(Br)c12. The van der Waals surface area contributed by atoms with Crippen molar-refractivity contribution in [3.63, 3.8) is 0 Å². The second kappa shape index (κ2) is 2.50. The van der Waals surface area contributed by atoms with E-state index in [2.05, 4.69) is 25.9 Å². The van der Waals surface area contributed by atoms with Crippen molar-refractivity contribution in [1.29, 1.82) is 0 Å². The van der Waals surface area contributed by atoms with Crippen LogP contribution in [0.25, 0.3) is 10.9 Å². The van der Waals surface area contributed by atoms with Crippen molar-refractivity contribution in [2.75, 3.05) is 0 Å². The maximum atomic E-state index is 5.88. The van der Waals surface area contributed by atoms with Crippen molar-refractivity contribution in [3.8, 4) is 0 Å². The third-order valence-corrected chi connectivity index (χ3v) is 2.40.